The molecule has 0 spiro atoms. The molecule has 87 valence electrons. The lowest BCUT2D eigenvalue weighted by molar-refractivity contribution is 1.39. The fraction of sp³-hybridized carbons (Fsp3) is 0.0588. The maximum Gasteiger partial charge on any atom is 0.150 e. The summed E-state index contributed by atoms with van der Waals surface area (Å²) in [5, 5.41) is 4.53. The molecule has 3 rings (SSSR count). The van der Waals surface area contributed by atoms with Crippen molar-refractivity contribution >= 4 is 19.2 Å². The summed E-state index contributed by atoms with van der Waals surface area (Å²) in [5.74, 6) is 0. The Hall–Kier alpha value is -1.86. The van der Waals surface area contributed by atoms with Gasteiger partial charge in [0, 0.05) is 0 Å². The van der Waals surface area contributed by atoms with Gasteiger partial charge < -0.3 is 0 Å². The fourth-order valence-electron chi connectivity index (χ4n) is 2.38. The van der Waals surface area contributed by atoms with E-state index in [1.54, 1.807) is 5.20 Å². The molecule has 0 heterocycles. The molecule has 18 heavy (non-hydrogen) atoms. The van der Waals surface area contributed by atoms with Gasteiger partial charge in [-0.05, 0) is 6.42 Å². The third kappa shape index (κ3) is 2.22. The molecule has 1 aliphatic carbocycles. The highest BCUT2D eigenvalue weighted by Crippen LogP contribution is 2.14. The van der Waals surface area contributed by atoms with Gasteiger partial charge in [0.2, 0.25) is 0 Å². The van der Waals surface area contributed by atoms with Crippen LogP contribution in [0.5, 0.6) is 0 Å². The van der Waals surface area contributed by atoms with E-state index >= 15 is 0 Å². The van der Waals surface area contributed by atoms with Gasteiger partial charge in [-0.2, -0.15) is 0 Å². The van der Waals surface area contributed by atoms with E-state index in [0.29, 0.717) is 0 Å². The highest BCUT2D eigenvalue weighted by molar-refractivity contribution is 6.91. The van der Waals surface area contributed by atoms with Crippen molar-refractivity contribution in [1.82, 2.24) is 0 Å². The van der Waals surface area contributed by atoms with Crippen LogP contribution in [0.4, 0.5) is 0 Å². The van der Waals surface area contributed by atoms with Crippen LogP contribution in [0, 0.1) is 0 Å². The number of rotatable bonds is 3. The highest BCUT2D eigenvalue weighted by Gasteiger charge is 2.21. The van der Waals surface area contributed by atoms with Gasteiger partial charge in [-0.25, -0.2) is 0 Å². The molecule has 0 atom stereocenters. The summed E-state index contributed by atoms with van der Waals surface area (Å²) in [5.41, 5.74) is 0. The van der Waals surface area contributed by atoms with Crippen molar-refractivity contribution in [2.45, 2.75) is 6.42 Å². The fourth-order valence-corrected chi connectivity index (χ4v) is 5.09. The Labute approximate surface area is 110 Å². The first-order chi connectivity index (χ1) is 8.95. The van der Waals surface area contributed by atoms with Gasteiger partial charge in [0.25, 0.3) is 0 Å². The van der Waals surface area contributed by atoms with Gasteiger partial charge in [-0.3, -0.25) is 0 Å². The van der Waals surface area contributed by atoms with Crippen LogP contribution in [0.1, 0.15) is 6.42 Å². The van der Waals surface area contributed by atoms with Crippen LogP contribution in [0.25, 0.3) is 0 Å². The molecule has 0 nitrogen and oxygen atoms in total. The normalized spacial score (nSPS) is 13.9. The number of allylic oxidation sites excluding steroid dienone is 4. The van der Waals surface area contributed by atoms with Crippen LogP contribution in [0.2, 0.25) is 0 Å². The predicted molar refractivity (Wildman–Crippen MR) is 79.7 cm³/mol. The van der Waals surface area contributed by atoms with Crippen molar-refractivity contribution in [2.75, 3.05) is 0 Å². The van der Waals surface area contributed by atoms with Gasteiger partial charge in [0.1, 0.15) is 0 Å². The molecule has 0 saturated heterocycles. The molecule has 1 heteroatoms. The Morgan fingerprint density at radius 3 is 1.72 bits per heavy atom. The van der Waals surface area contributed by atoms with Crippen LogP contribution in [-0.2, 0) is 0 Å². The minimum absolute atomic E-state index is 0.779. The minimum Gasteiger partial charge on any atom is -0.0808 e. The lowest BCUT2D eigenvalue weighted by Gasteiger charge is -2.17. The topological polar surface area (TPSA) is 0 Å². The number of hydrogen-bond acceptors (Lipinski definition) is 0. The molecular formula is C17H15Si. The van der Waals surface area contributed by atoms with E-state index in [9.17, 15) is 0 Å². The van der Waals surface area contributed by atoms with Gasteiger partial charge in [-0.1, -0.05) is 94.5 Å². The second kappa shape index (κ2) is 5.19. The predicted octanol–water partition coefficient (Wildman–Crippen LogP) is 2.72. The summed E-state index contributed by atoms with van der Waals surface area (Å²) in [7, 11) is -0.779. The summed E-state index contributed by atoms with van der Waals surface area (Å²) in [6.45, 7) is 0. The molecule has 2 aromatic carbocycles. The Morgan fingerprint density at radius 1 is 0.722 bits per heavy atom. The first-order valence-electron chi connectivity index (χ1n) is 6.29. The standard InChI is InChI=1S/C17H15Si/c1-3-9-15(10-4-1)18(17-13-7-8-14-17)16-11-5-2-6-12-16/h1-13H,14H2. The Balaban J connectivity index is 2.05. The van der Waals surface area contributed by atoms with Crippen molar-refractivity contribution < 1.29 is 0 Å². The Morgan fingerprint density at radius 2 is 1.28 bits per heavy atom. The molecule has 0 amide bonds. The maximum atomic E-state index is 2.30. The van der Waals surface area contributed by atoms with Crippen molar-refractivity contribution in [2.24, 2.45) is 0 Å². The summed E-state index contributed by atoms with van der Waals surface area (Å²) in [4.78, 5) is 0. The maximum absolute atomic E-state index is 2.30. The number of hydrogen-bond donors (Lipinski definition) is 0. The van der Waals surface area contributed by atoms with Crippen LogP contribution in [-0.4, -0.2) is 8.80 Å². The van der Waals surface area contributed by atoms with Crippen LogP contribution in [0.3, 0.4) is 0 Å². The molecular weight excluding hydrogens is 232 g/mol. The quantitative estimate of drug-likeness (QED) is 0.732. The second-order valence-electron chi connectivity index (χ2n) is 4.43. The van der Waals surface area contributed by atoms with Crippen molar-refractivity contribution in [3.8, 4) is 0 Å². The average molecular weight is 247 g/mol. The molecule has 1 radical (unpaired) electrons. The largest absolute Gasteiger partial charge is 0.150 e. The second-order valence-corrected chi connectivity index (χ2v) is 6.98. The minimum atomic E-state index is -0.779. The zero-order chi connectivity index (χ0) is 12.2. The molecule has 1 aliphatic rings. The molecule has 0 aliphatic heterocycles. The van der Waals surface area contributed by atoms with E-state index in [1.165, 1.54) is 10.4 Å². The van der Waals surface area contributed by atoms with E-state index in [4.69, 9.17) is 0 Å². The van der Waals surface area contributed by atoms with Crippen molar-refractivity contribution in [1.29, 1.82) is 0 Å². The molecule has 0 aromatic heterocycles. The third-order valence-corrected chi connectivity index (χ3v) is 6.05. The zero-order valence-corrected chi connectivity index (χ0v) is 11.2. The van der Waals surface area contributed by atoms with Gasteiger partial charge in [0.05, 0.1) is 0 Å². The molecule has 0 saturated carbocycles. The monoisotopic (exact) mass is 247 g/mol. The lowest BCUT2D eigenvalue weighted by Crippen LogP contribution is -2.43. The highest BCUT2D eigenvalue weighted by atomic mass is 28.3. The zero-order valence-electron chi connectivity index (χ0n) is 10.2. The average Bonchev–Trinajstić information content (AvgIpc) is 2.95. The first kappa shape index (κ1) is 11.2. The van der Waals surface area contributed by atoms with E-state index < -0.39 is 8.80 Å². The molecule has 2 aromatic rings. The Kier molecular flexibility index (Phi) is 3.24. The summed E-state index contributed by atoms with van der Waals surface area (Å²) in [6.07, 6.45) is 7.85. The Bertz CT molecular complexity index is 528. The lowest BCUT2D eigenvalue weighted by atomic mass is 10.4. The van der Waals surface area contributed by atoms with Crippen LogP contribution in [0.15, 0.2) is 84.1 Å². The van der Waals surface area contributed by atoms with E-state index in [0.717, 1.165) is 6.42 Å². The number of benzene rings is 2. The third-order valence-electron chi connectivity index (χ3n) is 3.22. The SMILES string of the molecule is C1=CCC([Si](c2ccccc2)c2ccccc2)=C1. The molecule has 0 unspecified atom stereocenters. The molecule has 0 bridgehead atoms. The summed E-state index contributed by atoms with van der Waals surface area (Å²) < 4.78 is 0. The van der Waals surface area contributed by atoms with Crippen molar-refractivity contribution in [3.05, 3.63) is 84.1 Å². The smallest absolute Gasteiger partial charge is 0.0808 e. The van der Waals surface area contributed by atoms with E-state index in [-0.39, 0.29) is 0 Å². The van der Waals surface area contributed by atoms with Crippen LogP contribution < -0.4 is 10.4 Å². The van der Waals surface area contributed by atoms with Gasteiger partial charge in [0.15, 0.2) is 8.80 Å². The first-order valence-corrected chi connectivity index (χ1v) is 7.79. The van der Waals surface area contributed by atoms with E-state index in [2.05, 4.69) is 78.9 Å². The van der Waals surface area contributed by atoms with Crippen LogP contribution >= 0.6 is 0 Å². The van der Waals surface area contributed by atoms with Gasteiger partial charge in [-0.15, -0.1) is 0 Å². The molecule has 0 fully saturated rings. The summed E-state index contributed by atoms with van der Waals surface area (Å²) in [6, 6.07) is 21.8. The summed E-state index contributed by atoms with van der Waals surface area (Å²) >= 11 is 0. The van der Waals surface area contributed by atoms with Gasteiger partial charge >= 0.3 is 0 Å². The van der Waals surface area contributed by atoms with E-state index in [1.807, 2.05) is 0 Å². The van der Waals surface area contributed by atoms with Crippen molar-refractivity contribution in [3.63, 3.8) is 0 Å². The molecule has 0 N–H and O–H groups in total.